The zero-order valence-corrected chi connectivity index (χ0v) is 14.7. The van der Waals surface area contributed by atoms with Gasteiger partial charge in [-0.25, -0.2) is 0 Å². The van der Waals surface area contributed by atoms with E-state index in [4.69, 9.17) is 9.47 Å². The molecule has 130 valence electrons. The summed E-state index contributed by atoms with van der Waals surface area (Å²) in [6.45, 7) is 5.63. The van der Waals surface area contributed by atoms with Crippen molar-refractivity contribution in [3.63, 3.8) is 0 Å². The van der Waals surface area contributed by atoms with Crippen molar-refractivity contribution in [3.8, 4) is 5.75 Å². The van der Waals surface area contributed by atoms with E-state index in [1.54, 1.807) is 13.3 Å². The van der Waals surface area contributed by atoms with Crippen LogP contribution in [0.25, 0.3) is 10.9 Å². The topological polar surface area (TPSA) is 50.4 Å². The van der Waals surface area contributed by atoms with Gasteiger partial charge in [0, 0.05) is 54.2 Å². The number of pyridine rings is 1. The summed E-state index contributed by atoms with van der Waals surface area (Å²) in [5, 5.41) is 1.23. The van der Waals surface area contributed by atoms with Crippen LogP contribution in [-0.2, 0) is 11.3 Å². The van der Waals surface area contributed by atoms with Crippen molar-refractivity contribution in [2.45, 2.75) is 19.6 Å². The second-order valence-electron chi connectivity index (χ2n) is 6.52. The molecular weight excluding hydrogens is 314 g/mol. The maximum absolute atomic E-state index is 5.94. The van der Waals surface area contributed by atoms with Gasteiger partial charge in [-0.15, -0.1) is 0 Å². The van der Waals surface area contributed by atoms with E-state index in [1.807, 2.05) is 18.3 Å². The fourth-order valence-corrected chi connectivity index (χ4v) is 3.48. The predicted molar refractivity (Wildman–Crippen MR) is 97.8 cm³/mol. The number of nitrogens with zero attached hydrogens (tertiary/aromatic N) is 2. The fraction of sp³-hybridized carbons (Fsp3) is 0.350. The molecule has 2 aromatic heterocycles. The average Bonchev–Trinajstić information content (AvgIpc) is 2.98. The Bertz CT molecular complexity index is 860. The minimum Gasteiger partial charge on any atom is -0.497 e. The largest absolute Gasteiger partial charge is 0.497 e. The smallest absolute Gasteiger partial charge is 0.119 e. The van der Waals surface area contributed by atoms with Crippen LogP contribution in [0.15, 0.2) is 42.7 Å². The Balaban J connectivity index is 1.53. The molecule has 1 saturated heterocycles. The van der Waals surface area contributed by atoms with Crippen LogP contribution in [0.4, 0.5) is 0 Å². The summed E-state index contributed by atoms with van der Waals surface area (Å²) in [5.74, 6) is 0.893. The molecule has 0 amide bonds. The summed E-state index contributed by atoms with van der Waals surface area (Å²) in [6, 6.07) is 10.2. The molecule has 3 aromatic rings. The number of aromatic nitrogens is 2. The van der Waals surface area contributed by atoms with Crippen LogP contribution in [0.1, 0.15) is 22.9 Å². The molecule has 1 aliphatic heterocycles. The second-order valence-corrected chi connectivity index (χ2v) is 6.52. The van der Waals surface area contributed by atoms with E-state index in [0.717, 1.165) is 43.1 Å². The van der Waals surface area contributed by atoms with Gasteiger partial charge in [-0.05, 0) is 36.8 Å². The van der Waals surface area contributed by atoms with Gasteiger partial charge in [0.05, 0.1) is 19.8 Å². The Hall–Kier alpha value is -2.37. The SMILES string of the molecule is COc1ccc2[nH]c(CN3CCO[C@@H](c4cccnc4)C3)c(C)c2c1. The van der Waals surface area contributed by atoms with Gasteiger partial charge in [-0.1, -0.05) is 6.07 Å². The van der Waals surface area contributed by atoms with E-state index in [-0.39, 0.29) is 6.10 Å². The van der Waals surface area contributed by atoms with Crippen molar-refractivity contribution in [1.82, 2.24) is 14.9 Å². The van der Waals surface area contributed by atoms with Crippen molar-refractivity contribution < 1.29 is 9.47 Å². The van der Waals surface area contributed by atoms with Crippen molar-refractivity contribution in [3.05, 3.63) is 59.5 Å². The van der Waals surface area contributed by atoms with Gasteiger partial charge in [0.25, 0.3) is 0 Å². The number of hydrogen-bond acceptors (Lipinski definition) is 4. The lowest BCUT2D eigenvalue weighted by Crippen LogP contribution is -2.38. The number of fused-ring (bicyclic) bond motifs is 1. The van der Waals surface area contributed by atoms with E-state index in [0.29, 0.717) is 0 Å². The van der Waals surface area contributed by atoms with E-state index in [1.165, 1.54) is 16.6 Å². The third kappa shape index (κ3) is 3.25. The molecule has 1 aromatic carbocycles. The van der Waals surface area contributed by atoms with Crippen LogP contribution in [0.3, 0.4) is 0 Å². The number of hydrogen-bond donors (Lipinski definition) is 1. The second kappa shape index (κ2) is 6.86. The molecule has 1 N–H and O–H groups in total. The molecule has 0 aliphatic carbocycles. The molecule has 0 unspecified atom stereocenters. The third-order valence-corrected chi connectivity index (χ3v) is 4.96. The van der Waals surface area contributed by atoms with E-state index >= 15 is 0 Å². The van der Waals surface area contributed by atoms with Crippen LogP contribution in [0.5, 0.6) is 5.75 Å². The van der Waals surface area contributed by atoms with Crippen LogP contribution in [0, 0.1) is 6.92 Å². The number of benzene rings is 1. The van der Waals surface area contributed by atoms with Crippen molar-refractivity contribution >= 4 is 10.9 Å². The highest BCUT2D eigenvalue weighted by Gasteiger charge is 2.23. The number of aryl methyl sites for hydroxylation is 1. The number of rotatable bonds is 4. The Labute approximate surface area is 147 Å². The van der Waals surface area contributed by atoms with Gasteiger partial charge < -0.3 is 14.5 Å². The maximum Gasteiger partial charge on any atom is 0.119 e. The summed E-state index contributed by atoms with van der Waals surface area (Å²) in [7, 11) is 1.70. The molecule has 4 rings (SSSR count). The number of H-pyrrole nitrogens is 1. The summed E-state index contributed by atoms with van der Waals surface area (Å²) < 4.78 is 11.3. The molecule has 0 bridgehead atoms. The van der Waals surface area contributed by atoms with Crippen LogP contribution in [-0.4, -0.2) is 41.7 Å². The Morgan fingerprint density at radius 3 is 3.08 bits per heavy atom. The summed E-state index contributed by atoms with van der Waals surface area (Å²) in [4.78, 5) is 10.2. The molecule has 0 radical (unpaired) electrons. The lowest BCUT2D eigenvalue weighted by Gasteiger charge is -2.32. The number of ether oxygens (including phenoxy) is 2. The van der Waals surface area contributed by atoms with Gasteiger partial charge >= 0.3 is 0 Å². The maximum atomic E-state index is 5.94. The zero-order valence-electron chi connectivity index (χ0n) is 14.7. The minimum atomic E-state index is 0.0900. The quantitative estimate of drug-likeness (QED) is 0.792. The summed E-state index contributed by atoms with van der Waals surface area (Å²) in [5.41, 5.74) is 4.85. The molecule has 5 heteroatoms. The first kappa shape index (κ1) is 16.1. The van der Waals surface area contributed by atoms with E-state index < -0.39 is 0 Å². The standard InChI is InChI=1S/C20H23N3O2/c1-14-17-10-16(24-2)5-6-18(17)22-19(14)12-23-8-9-25-20(13-23)15-4-3-7-21-11-15/h3-7,10-11,20,22H,8-9,12-13H2,1-2H3/t20-/m1/s1. The lowest BCUT2D eigenvalue weighted by molar-refractivity contribution is -0.0334. The Morgan fingerprint density at radius 2 is 2.28 bits per heavy atom. The monoisotopic (exact) mass is 337 g/mol. The highest BCUT2D eigenvalue weighted by atomic mass is 16.5. The van der Waals surface area contributed by atoms with Gasteiger partial charge in [-0.2, -0.15) is 0 Å². The lowest BCUT2D eigenvalue weighted by atomic mass is 10.1. The Kier molecular flexibility index (Phi) is 4.42. The molecule has 5 nitrogen and oxygen atoms in total. The van der Waals surface area contributed by atoms with Crippen LogP contribution >= 0.6 is 0 Å². The van der Waals surface area contributed by atoms with Gasteiger partial charge in [-0.3, -0.25) is 9.88 Å². The predicted octanol–water partition coefficient (Wildman–Crippen LogP) is 3.45. The molecule has 1 atom stereocenters. The summed E-state index contributed by atoms with van der Waals surface area (Å²) >= 11 is 0. The first-order valence-electron chi connectivity index (χ1n) is 8.63. The molecule has 25 heavy (non-hydrogen) atoms. The van der Waals surface area contributed by atoms with E-state index in [2.05, 4.69) is 40.0 Å². The van der Waals surface area contributed by atoms with Crippen molar-refractivity contribution in [2.24, 2.45) is 0 Å². The number of methoxy groups -OCH3 is 1. The Morgan fingerprint density at radius 1 is 1.36 bits per heavy atom. The van der Waals surface area contributed by atoms with Gasteiger partial charge in [0.2, 0.25) is 0 Å². The van der Waals surface area contributed by atoms with Gasteiger partial charge in [0.15, 0.2) is 0 Å². The molecular formula is C20H23N3O2. The number of aromatic amines is 1. The average molecular weight is 337 g/mol. The molecule has 0 spiro atoms. The minimum absolute atomic E-state index is 0.0900. The molecule has 1 fully saturated rings. The van der Waals surface area contributed by atoms with E-state index in [9.17, 15) is 0 Å². The normalized spacial score (nSPS) is 18.6. The number of morpholine rings is 1. The molecule has 0 saturated carbocycles. The fourth-order valence-electron chi connectivity index (χ4n) is 3.48. The molecule has 3 heterocycles. The van der Waals surface area contributed by atoms with Gasteiger partial charge in [0.1, 0.15) is 5.75 Å². The van der Waals surface area contributed by atoms with Crippen LogP contribution in [0.2, 0.25) is 0 Å². The zero-order chi connectivity index (χ0) is 17.2. The number of nitrogens with one attached hydrogen (secondary N) is 1. The van der Waals surface area contributed by atoms with Crippen molar-refractivity contribution in [1.29, 1.82) is 0 Å². The molecule has 1 aliphatic rings. The van der Waals surface area contributed by atoms with Crippen LogP contribution < -0.4 is 4.74 Å². The highest BCUT2D eigenvalue weighted by Crippen LogP contribution is 2.28. The first-order valence-corrected chi connectivity index (χ1v) is 8.63. The summed E-state index contributed by atoms with van der Waals surface area (Å²) in [6.07, 6.45) is 3.79. The third-order valence-electron chi connectivity index (χ3n) is 4.96. The van der Waals surface area contributed by atoms with Crippen molar-refractivity contribution in [2.75, 3.05) is 26.8 Å². The highest BCUT2D eigenvalue weighted by molar-refractivity contribution is 5.85. The first-order chi connectivity index (χ1) is 12.2.